The largest absolute Gasteiger partial charge is 0.376 e. The van der Waals surface area contributed by atoms with E-state index in [1.54, 1.807) is 0 Å². The molecule has 2 heterocycles. The van der Waals surface area contributed by atoms with Crippen molar-refractivity contribution in [2.45, 2.75) is 60.2 Å². The van der Waals surface area contributed by atoms with Crippen molar-refractivity contribution < 1.29 is 9.47 Å². The molecule has 0 amide bonds. The number of ether oxygens (including phenoxy) is 2. The maximum atomic E-state index is 6.32. The molecule has 2 aromatic carbocycles. The van der Waals surface area contributed by atoms with Gasteiger partial charge in [0.2, 0.25) is 0 Å². The number of hydrogen-bond acceptors (Lipinski definition) is 3. The van der Waals surface area contributed by atoms with Crippen LogP contribution in [0.5, 0.6) is 0 Å². The molecule has 0 radical (unpaired) electrons. The van der Waals surface area contributed by atoms with Crippen LogP contribution in [0, 0.1) is 0 Å². The van der Waals surface area contributed by atoms with Gasteiger partial charge in [-0.25, -0.2) is 0 Å². The van der Waals surface area contributed by atoms with Crippen LogP contribution in [0.2, 0.25) is 0 Å². The van der Waals surface area contributed by atoms with E-state index in [0.717, 1.165) is 26.1 Å². The Kier molecular flexibility index (Phi) is 3.76. The lowest BCUT2D eigenvalue weighted by Gasteiger charge is -2.56. The molecular weight excluding hydrogens is 352 g/mol. The third-order valence-electron chi connectivity index (χ3n) is 7.12. The summed E-state index contributed by atoms with van der Waals surface area (Å²) < 4.78 is 12.8. The predicted octanol–water partition coefficient (Wildman–Crippen LogP) is 4.98. The zero-order valence-corrected chi connectivity index (χ0v) is 16.5. The molecule has 140 valence electrons. The van der Waals surface area contributed by atoms with E-state index in [-0.39, 0.29) is 9.49 Å². The zero-order valence-electron chi connectivity index (χ0n) is 15.7. The van der Waals surface area contributed by atoms with E-state index in [0.29, 0.717) is 12.2 Å². The molecule has 0 saturated carbocycles. The summed E-state index contributed by atoms with van der Waals surface area (Å²) in [5.41, 5.74) is 6.05. The average Bonchev–Trinajstić information content (AvgIpc) is 3.37. The number of hydrogen-bond donors (Lipinski definition) is 0. The minimum absolute atomic E-state index is 0.0899. The number of rotatable bonds is 4. The second-order valence-electron chi connectivity index (χ2n) is 8.55. The van der Waals surface area contributed by atoms with Gasteiger partial charge in [0, 0.05) is 13.2 Å². The molecule has 2 saturated heterocycles. The molecule has 3 heteroatoms. The van der Waals surface area contributed by atoms with Gasteiger partial charge in [0.15, 0.2) is 0 Å². The van der Waals surface area contributed by atoms with E-state index in [4.69, 9.17) is 9.47 Å². The van der Waals surface area contributed by atoms with Crippen molar-refractivity contribution in [1.82, 2.24) is 0 Å². The van der Waals surface area contributed by atoms with Crippen LogP contribution in [-0.4, -0.2) is 25.4 Å². The molecule has 0 spiro atoms. The molecule has 0 N–H and O–H groups in total. The van der Waals surface area contributed by atoms with Crippen molar-refractivity contribution in [1.29, 1.82) is 0 Å². The second kappa shape index (κ2) is 6.10. The van der Waals surface area contributed by atoms with Gasteiger partial charge in [-0.05, 0) is 60.8 Å². The highest BCUT2D eigenvalue weighted by atomic mass is 32.2. The molecule has 2 fully saturated rings. The number of thioether (sulfide) groups is 1. The first-order chi connectivity index (χ1) is 13.3. The highest BCUT2D eigenvalue weighted by Gasteiger charge is 2.60. The van der Waals surface area contributed by atoms with Gasteiger partial charge in [0.1, 0.15) is 0 Å². The molecule has 4 unspecified atom stereocenters. The molecule has 0 aromatic heterocycles. The fourth-order valence-electron chi connectivity index (χ4n) is 5.82. The summed E-state index contributed by atoms with van der Waals surface area (Å²) in [6, 6.07) is 18.1. The summed E-state index contributed by atoms with van der Waals surface area (Å²) in [5, 5.41) is 0. The van der Waals surface area contributed by atoms with Gasteiger partial charge in [-0.15, -0.1) is 11.8 Å². The molecule has 2 nitrogen and oxygen atoms in total. The van der Waals surface area contributed by atoms with Crippen LogP contribution in [0.4, 0.5) is 0 Å². The smallest absolute Gasteiger partial charge is 0.0767 e. The van der Waals surface area contributed by atoms with Crippen LogP contribution in [0.15, 0.2) is 48.5 Å². The fourth-order valence-corrected chi connectivity index (χ4v) is 8.18. The summed E-state index contributed by atoms with van der Waals surface area (Å²) in [6.45, 7) is 1.83. The SMILES string of the molecule is c1ccc2c(c1)CC2(SC1(C2CCCO2)Cc2ccccc21)C1CCCO1. The maximum Gasteiger partial charge on any atom is 0.0767 e. The molecule has 4 aliphatic rings. The Bertz CT molecular complexity index is 797. The van der Waals surface area contributed by atoms with Crippen molar-refractivity contribution in [2.24, 2.45) is 0 Å². The van der Waals surface area contributed by atoms with Crippen LogP contribution in [-0.2, 0) is 31.8 Å². The van der Waals surface area contributed by atoms with Gasteiger partial charge in [0.25, 0.3) is 0 Å². The minimum Gasteiger partial charge on any atom is -0.376 e. The van der Waals surface area contributed by atoms with Crippen LogP contribution in [0.25, 0.3) is 0 Å². The first-order valence-electron chi connectivity index (χ1n) is 10.4. The molecule has 2 aliphatic carbocycles. The molecule has 0 bridgehead atoms. The summed E-state index contributed by atoms with van der Waals surface area (Å²) in [6.07, 6.45) is 7.70. The highest BCUT2D eigenvalue weighted by molar-refractivity contribution is 8.01. The third-order valence-corrected chi connectivity index (χ3v) is 9.10. The molecule has 2 aromatic rings. The van der Waals surface area contributed by atoms with Gasteiger partial charge in [-0.1, -0.05) is 48.5 Å². The quantitative estimate of drug-likeness (QED) is 0.747. The summed E-state index contributed by atoms with van der Waals surface area (Å²) in [5.74, 6) is 0. The Morgan fingerprint density at radius 1 is 0.704 bits per heavy atom. The lowest BCUT2D eigenvalue weighted by Crippen LogP contribution is -2.54. The van der Waals surface area contributed by atoms with Gasteiger partial charge in [-0.2, -0.15) is 0 Å². The first-order valence-corrected chi connectivity index (χ1v) is 11.2. The Hall–Kier alpha value is -1.29. The van der Waals surface area contributed by atoms with Crippen LogP contribution in [0.1, 0.15) is 47.9 Å². The average molecular weight is 379 g/mol. The predicted molar refractivity (Wildman–Crippen MR) is 109 cm³/mol. The fraction of sp³-hybridized carbons (Fsp3) is 0.500. The summed E-state index contributed by atoms with van der Waals surface area (Å²) in [4.78, 5) is 0. The van der Waals surface area contributed by atoms with Gasteiger partial charge in [0.05, 0.1) is 21.7 Å². The van der Waals surface area contributed by atoms with E-state index < -0.39 is 0 Å². The van der Waals surface area contributed by atoms with Crippen molar-refractivity contribution >= 4 is 11.8 Å². The molecule has 2 aliphatic heterocycles. The van der Waals surface area contributed by atoms with Gasteiger partial charge >= 0.3 is 0 Å². The first kappa shape index (κ1) is 16.6. The van der Waals surface area contributed by atoms with E-state index in [9.17, 15) is 0 Å². The van der Waals surface area contributed by atoms with Gasteiger partial charge in [-0.3, -0.25) is 0 Å². The summed E-state index contributed by atoms with van der Waals surface area (Å²) in [7, 11) is 0. The Labute approximate surface area is 165 Å². The monoisotopic (exact) mass is 378 g/mol. The van der Waals surface area contributed by atoms with Gasteiger partial charge < -0.3 is 9.47 Å². The van der Waals surface area contributed by atoms with Crippen molar-refractivity contribution in [3.63, 3.8) is 0 Å². The normalized spacial score (nSPS) is 36.6. The Morgan fingerprint density at radius 2 is 1.19 bits per heavy atom. The standard InChI is InChI=1S/C24H26O2S/c1-3-9-19-17(7-1)15-23(19,21-11-5-13-25-21)27-24(22-12-6-14-26-22)16-18-8-2-4-10-20(18)24/h1-4,7-10,21-22H,5-6,11-16H2. The lowest BCUT2D eigenvalue weighted by molar-refractivity contribution is 0.0567. The highest BCUT2D eigenvalue weighted by Crippen LogP contribution is 2.66. The lowest BCUT2D eigenvalue weighted by atomic mass is 9.71. The van der Waals surface area contributed by atoms with E-state index in [2.05, 4.69) is 60.3 Å². The Morgan fingerprint density at radius 3 is 1.59 bits per heavy atom. The molecule has 6 rings (SSSR count). The maximum absolute atomic E-state index is 6.32. The topological polar surface area (TPSA) is 18.5 Å². The Balaban J connectivity index is 1.44. The van der Waals surface area contributed by atoms with E-state index in [1.165, 1.54) is 47.9 Å². The van der Waals surface area contributed by atoms with Crippen molar-refractivity contribution in [3.05, 3.63) is 70.8 Å². The molecule has 4 atom stereocenters. The summed E-state index contributed by atoms with van der Waals surface area (Å²) >= 11 is 2.20. The number of fused-ring (bicyclic) bond motifs is 2. The van der Waals surface area contributed by atoms with Crippen LogP contribution in [0.3, 0.4) is 0 Å². The van der Waals surface area contributed by atoms with Crippen LogP contribution < -0.4 is 0 Å². The molecular formula is C24H26O2S. The van der Waals surface area contributed by atoms with Crippen molar-refractivity contribution in [3.8, 4) is 0 Å². The third kappa shape index (κ3) is 2.28. The zero-order chi connectivity index (χ0) is 17.9. The van der Waals surface area contributed by atoms with Crippen LogP contribution >= 0.6 is 11.8 Å². The van der Waals surface area contributed by atoms with E-state index in [1.807, 2.05) is 0 Å². The number of benzene rings is 2. The van der Waals surface area contributed by atoms with E-state index >= 15 is 0 Å². The minimum atomic E-state index is 0.0899. The second-order valence-corrected chi connectivity index (χ2v) is 10.2. The molecule has 27 heavy (non-hydrogen) atoms. The van der Waals surface area contributed by atoms with Crippen molar-refractivity contribution in [2.75, 3.05) is 13.2 Å².